The highest BCUT2D eigenvalue weighted by Gasteiger charge is 2.34. The summed E-state index contributed by atoms with van der Waals surface area (Å²) in [5.74, 6) is -0.145. The molecule has 0 bridgehead atoms. The van der Waals surface area contributed by atoms with Gasteiger partial charge in [-0.25, -0.2) is 4.39 Å². The number of likely N-dealkylation sites (tertiary alicyclic amines) is 1. The minimum absolute atomic E-state index is 0.0207. The van der Waals surface area contributed by atoms with Gasteiger partial charge in [-0.05, 0) is 43.0 Å². The van der Waals surface area contributed by atoms with Gasteiger partial charge in [-0.15, -0.1) is 0 Å². The highest BCUT2D eigenvalue weighted by Crippen LogP contribution is 2.26. The molecule has 0 spiro atoms. The standard InChI is InChI=1S/C14H18FNO2/c1-9-5-6-16(13(9)8-17)14(18)12-4-3-11(15)7-10(12)2/h3-4,7,9,13,17H,5-6,8H2,1-2H3. The van der Waals surface area contributed by atoms with Crippen molar-refractivity contribution in [2.24, 2.45) is 5.92 Å². The van der Waals surface area contributed by atoms with Crippen LogP contribution in [0.15, 0.2) is 18.2 Å². The van der Waals surface area contributed by atoms with Crippen LogP contribution in [0, 0.1) is 18.7 Å². The van der Waals surface area contributed by atoms with Crippen LogP contribution in [0.3, 0.4) is 0 Å². The number of aliphatic hydroxyl groups excluding tert-OH is 1. The van der Waals surface area contributed by atoms with Gasteiger partial charge in [0.25, 0.3) is 5.91 Å². The van der Waals surface area contributed by atoms with Crippen molar-refractivity contribution in [3.63, 3.8) is 0 Å². The van der Waals surface area contributed by atoms with Crippen molar-refractivity contribution in [3.8, 4) is 0 Å². The molecule has 1 saturated heterocycles. The first kappa shape index (κ1) is 13.0. The lowest BCUT2D eigenvalue weighted by Gasteiger charge is -2.25. The lowest BCUT2D eigenvalue weighted by Crippen LogP contribution is -2.40. The van der Waals surface area contributed by atoms with Crippen molar-refractivity contribution in [3.05, 3.63) is 35.1 Å². The van der Waals surface area contributed by atoms with Gasteiger partial charge in [0.05, 0.1) is 12.6 Å². The van der Waals surface area contributed by atoms with E-state index in [2.05, 4.69) is 0 Å². The van der Waals surface area contributed by atoms with Gasteiger partial charge in [-0.1, -0.05) is 6.92 Å². The summed E-state index contributed by atoms with van der Waals surface area (Å²) in [6, 6.07) is 4.06. The SMILES string of the molecule is Cc1cc(F)ccc1C(=O)N1CCC(C)C1CO. The van der Waals surface area contributed by atoms with Gasteiger partial charge in [0.2, 0.25) is 0 Å². The molecule has 1 aromatic rings. The summed E-state index contributed by atoms with van der Waals surface area (Å²) in [6.45, 7) is 4.39. The molecule has 2 unspecified atom stereocenters. The Morgan fingerprint density at radius 2 is 2.28 bits per heavy atom. The number of aryl methyl sites for hydroxylation is 1. The maximum atomic E-state index is 13.0. The Hall–Kier alpha value is -1.42. The topological polar surface area (TPSA) is 40.5 Å². The summed E-state index contributed by atoms with van der Waals surface area (Å²) in [7, 11) is 0. The zero-order valence-corrected chi connectivity index (χ0v) is 10.7. The van der Waals surface area contributed by atoms with E-state index in [4.69, 9.17) is 0 Å². The molecule has 1 aliphatic rings. The molecule has 1 heterocycles. The molecule has 1 aromatic carbocycles. The molecule has 1 fully saturated rings. The summed E-state index contributed by atoms with van der Waals surface area (Å²) in [4.78, 5) is 14.1. The summed E-state index contributed by atoms with van der Waals surface area (Å²) >= 11 is 0. The van der Waals surface area contributed by atoms with Crippen molar-refractivity contribution in [2.75, 3.05) is 13.2 Å². The molecule has 4 heteroatoms. The maximum absolute atomic E-state index is 13.0. The zero-order chi connectivity index (χ0) is 13.3. The number of hydrogen-bond acceptors (Lipinski definition) is 2. The summed E-state index contributed by atoms with van der Waals surface area (Å²) in [5.41, 5.74) is 1.15. The van der Waals surface area contributed by atoms with Crippen LogP contribution in [-0.2, 0) is 0 Å². The van der Waals surface area contributed by atoms with Crippen molar-refractivity contribution < 1.29 is 14.3 Å². The van der Waals surface area contributed by atoms with Crippen molar-refractivity contribution in [1.82, 2.24) is 4.90 Å². The first-order valence-electron chi connectivity index (χ1n) is 6.22. The van der Waals surface area contributed by atoms with E-state index in [-0.39, 0.29) is 24.4 Å². The monoisotopic (exact) mass is 251 g/mol. The molecular formula is C14H18FNO2. The number of benzene rings is 1. The van der Waals surface area contributed by atoms with Gasteiger partial charge in [0.1, 0.15) is 5.82 Å². The third kappa shape index (κ3) is 2.25. The molecule has 2 rings (SSSR count). The van der Waals surface area contributed by atoms with Gasteiger partial charge in [-0.3, -0.25) is 4.79 Å². The summed E-state index contributed by atoms with van der Waals surface area (Å²) in [5, 5.41) is 9.36. The van der Waals surface area contributed by atoms with E-state index < -0.39 is 0 Å². The Morgan fingerprint density at radius 3 is 2.89 bits per heavy atom. The average Bonchev–Trinajstić information content (AvgIpc) is 2.69. The molecule has 0 radical (unpaired) electrons. The first-order chi connectivity index (χ1) is 8.54. The largest absolute Gasteiger partial charge is 0.394 e. The van der Waals surface area contributed by atoms with Gasteiger partial charge in [-0.2, -0.15) is 0 Å². The lowest BCUT2D eigenvalue weighted by atomic mass is 10.0. The quantitative estimate of drug-likeness (QED) is 0.873. The van der Waals surface area contributed by atoms with E-state index in [1.165, 1.54) is 18.2 Å². The van der Waals surface area contributed by atoms with E-state index in [9.17, 15) is 14.3 Å². The van der Waals surface area contributed by atoms with Crippen LogP contribution in [0.2, 0.25) is 0 Å². The zero-order valence-electron chi connectivity index (χ0n) is 10.7. The molecule has 1 aliphatic heterocycles. The summed E-state index contributed by atoms with van der Waals surface area (Å²) in [6.07, 6.45) is 0.900. The minimum Gasteiger partial charge on any atom is -0.394 e. The van der Waals surface area contributed by atoms with Crippen molar-refractivity contribution in [2.45, 2.75) is 26.3 Å². The first-order valence-corrected chi connectivity index (χ1v) is 6.22. The van der Waals surface area contributed by atoms with Crippen LogP contribution < -0.4 is 0 Å². The molecule has 98 valence electrons. The number of rotatable bonds is 2. The second-order valence-electron chi connectivity index (χ2n) is 4.97. The molecule has 18 heavy (non-hydrogen) atoms. The number of nitrogens with zero attached hydrogens (tertiary/aromatic N) is 1. The molecule has 3 nitrogen and oxygen atoms in total. The Balaban J connectivity index is 2.26. The number of carbonyl (C=O) groups excluding carboxylic acids is 1. The molecule has 2 atom stereocenters. The van der Waals surface area contributed by atoms with E-state index in [0.717, 1.165) is 6.42 Å². The average molecular weight is 251 g/mol. The number of hydrogen-bond donors (Lipinski definition) is 1. The number of amides is 1. The summed E-state index contributed by atoms with van der Waals surface area (Å²) < 4.78 is 13.0. The highest BCUT2D eigenvalue weighted by molar-refractivity contribution is 5.96. The van der Waals surface area contributed by atoms with Crippen LogP contribution >= 0.6 is 0 Å². The van der Waals surface area contributed by atoms with E-state index >= 15 is 0 Å². The normalized spacial score (nSPS) is 23.4. The van der Waals surface area contributed by atoms with Crippen LogP contribution in [0.5, 0.6) is 0 Å². The van der Waals surface area contributed by atoms with Crippen molar-refractivity contribution >= 4 is 5.91 Å². The Labute approximate surface area is 106 Å². The Morgan fingerprint density at radius 1 is 1.56 bits per heavy atom. The van der Waals surface area contributed by atoms with Crippen LogP contribution in [0.1, 0.15) is 29.3 Å². The van der Waals surface area contributed by atoms with E-state index in [0.29, 0.717) is 23.6 Å². The van der Waals surface area contributed by atoms with Crippen LogP contribution in [-0.4, -0.2) is 35.1 Å². The smallest absolute Gasteiger partial charge is 0.254 e. The van der Waals surface area contributed by atoms with Gasteiger partial charge >= 0.3 is 0 Å². The van der Waals surface area contributed by atoms with E-state index in [1.54, 1.807) is 11.8 Å². The number of carbonyl (C=O) groups is 1. The fourth-order valence-electron chi connectivity index (χ4n) is 2.56. The van der Waals surface area contributed by atoms with Gasteiger partial charge < -0.3 is 10.0 Å². The highest BCUT2D eigenvalue weighted by atomic mass is 19.1. The molecule has 0 saturated carbocycles. The molecule has 0 aromatic heterocycles. The van der Waals surface area contributed by atoms with Crippen LogP contribution in [0.4, 0.5) is 4.39 Å². The Kier molecular flexibility index (Phi) is 3.66. The van der Waals surface area contributed by atoms with Crippen LogP contribution in [0.25, 0.3) is 0 Å². The van der Waals surface area contributed by atoms with E-state index in [1.807, 2.05) is 6.92 Å². The molecule has 1 N–H and O–H groups in total. The number of aliphatic hydroxyl groups is 1. The lowest BCUT2D eigenvalue weighted by molar-refractivity contribution is 0.0647. The van der Waals surface area contributed by atoms with Gasteiger partial charge in [0, 0.05) is 12.1 Å². The predicted octanol–water partition coefficient (Wildman–Crippen LogP) is 1.98. The molecule has 1 amide bonds. The predicted molar refractivity (Wildman–Crippen MR) is 66.8 cm³/mol. The second kappa shape index (κ2) is 5.06. The minimum atomic E-state index is -0.336. The number of halogens is 1. The third-order valence-electron chi connectivity index (χ3n) is 3.75. The molecule has 0 aliphatic carbocycles. The fourth-order valence-corrected chi connectivity index (χ4v) is 2.56. The Bertz CT molecular complexity index is 461. The second-order valence-corrected chi connectivity index (χ2v) is 4.97. The molecular weight excluding hydrogens is 233 g/mol. The van der Waals surface area contributed by atoms with Gasteiger partial charge in [0.15, 0.2) is 0 Å². The van der Waals surface area contributed by atoms with Crippen molar-refractivity contribution in [1.29, 1.82) is 0 Å². The third-order valence-corrected chi connectivity index (χ3v) is 3.75. The fraction of sp³-hybridized carbons (Fsp3) is 0.500. The maximum Gasteiger partial charge on any atom is 0.254 e.